The lowest BCUT2D eigenvalue weighted by molar-refractivity contribution is -0.131. The van der Waals surface area contributed by atoms with E-state index in [4.69, 9.17) is 138 Å². The lowest BCUT2D eigenvalue weighted by Crippen LogP contribution is -2.43. The van der Waals surface area contributed by atoms with Gasteiger partial charge in [0.25, 0.3) is 0 Å². The molecular weight excluding hydrogens is 1310 g/mol. The van der Waals surface area contributed by atoms with Gasteiger partial charge in [0, 0.05) is 0 Å². The van der Waals surface area contributed by atoms with Gasteiger partial charge in [-0.25, -0.2) is 0 Å². The Morgan fingerprint density at radius 1 is 0.296 bits per heavy atom. The first-order chi connectivity index (χ1) is 48.1. The van der Waals surface area contributed by atoms with E-state index in [0.29, 0.717) is 145 Å². The number of aliphatic hydroxyl groups is 4. The molecular formula is C65H112O33. The van der Waals surface area contributed by atoms with Gasteiger partial charge in [0.1, 0.15) is 117 Å². The van der Waals surface area contributed by atoms with Crippen LogP contribution in [-0.2, 0) is 137 Å². The number of epoxide rings is 14. The van der Waals surface area contributed by atoms with Gasteiger partial charge in [-0.15, -0.1) is 0 Å². The SMILES string of the molecule is C(OCC(COCC1CO1)(COCC1CO1)COCC1CO1)C1CO1.CC(OCC1CO1)C(O)C(COCC1CO1)OCC1CO1.OC(COCC(CCC1CO1)OCC1CO1)COCC1CO1.OC(COCC(COCC1CO1)OCC1CO1)COCC1CO1.OCOCC1CO1. The van der Waals surface area contributed by atoms with Gasteiger partial charge in [0.15, 0.2) is 0 Å². The summed E-state index contributed by atoms with van der Waals surface area (Å²) in [7, 11) is 0. The summed E-state index contributed by atoms with van der Waals surface area (Å²) in [6, 6.07) is 0. The van der Waals surface area contributed by atoms with E-state index < -0.39 is 24.4 Å². The largest absolute Gasteiger partial charge is 0.388 e. The molecule has 98 heavy (non-hydrogen) atoms. The molecule has 21 unspecified atom stereocenters. The first-order valence-electron chi connectivity index (χ1n) is 35.1. The van der Waals surface area contributed by atoms with Crippen LogP contribution in [0.25, 0.3) is 0 Å². The number of aliphatic hydroxyl groups excluding tert-OH is 4. The maximum absolute atomic E-state index is 10.4. The second-order valence-electron chi connectivity index (χ2n) is 26.9. The van der Waals surface area contributed by atoms with Crippen molar-refractivity contribution in [3.8, 4) is 0 Å². The number of ether oxygens (including phenoxy) is 29. The molecule has 14 fully saturated rings. The van der Waals surface area contributed by atoms with Crippen LogP contribution in [0.2, 0.25) is 0 Å². The molecule has 4 N–H and O–H groups in total. The maximum atomic E-state index is 10.4. The predicted octanol–water partition coefficient (Wildman–Crippen LogP) is -2.94. The van der Waals surface area contributed by atoms with Crippen molar-refractivity contribution in [3.05, 3.63) is 0 Å². The minimum absolute atomic E-state index is 0.0291. The molecule has 14 saturated heterocycles. The second kappa shape index (κ2) is 44.6. The molecule has 14 aliphatic rings. The van der Waals surface area contributed by atoms with Crippen LogP contribution >= 0.6 is 0 Å². The van der Waals surface area contributed by atoms with Gasteiger partial charge in [0.05, 0.1) is 281 Å². The molecule has 0 bridgehead atoms. The van der Waals surface area contributed by atoms with Gasteiger partial charge >= 0.3 is 0 Å². The first-order valence-corrected chi connectivity index (χ1v) is 35.1. The summed E-state index contributed by atoms with van der Waals surface area (Å²) in [5, 5.41) is 38.0. The first kappa shape index (κ1) is 79.2. The summed E-state index contributed by atoms with van der Waals surface area (Å²) in [6.07, 6.45) is 2.25. The van der Waals surface area contributed by atoms with Crippen LogP contribution in [0.1, 0.15) is 19.8 Å². The molecule has 0 aromatic carbocycles. The fourth-order valence-electron chi connectivity index (χ4n) is 8.87. The van der Waals surface area contributed by atoms with Crippen LogP contribution in [0.5, 0.6) is 0 Å². The zero-order valence-electron chi connectivity index (χ0n) is 57.0. The third kappa shape index (κ3) is 41.4. The standard InChI is InChI=1S/C17H28O8.C15H26O8.C15H26O7.C14H24O7.C4H8O3/c1(13-5-22-13)18-9-17(10-19-2-14-6-23-14,11-20-3-15-7-24-15)12-21-4-16-8-25-16;16-11(2-18-5-13-7-21-13)1-17-3-12(20-9-15-10-23-15)4-19-6-14-8-22-14;16-11(4-18-6-14-8-21-14)3-17-5-12(1-2-13-7-19-13)20-9-15-10-22-15;1-9(17-3-11-5-19-11)14(15)13(21-7-12-6-20-12)8-16-2-10-4-18-10;5-3-6-1-4-2-7-4/h13-16H,1-12H2;11-16H,1-10H2;11-16H,1-10H2;9-15H,2-8H2,1H3;4-5H,1-3H2. The van der Waals surface area contributed by atoms with Crippen molar-refractivity contribution in [1.82, 2.24) is 0 Å². The quantitative estimate of drug-likeness (QED) is 0.0349. The average Bonchev–Trinajstić information content (AvgIpc) is 2.07. The minimum atomic E-state index is -0.748. The monoisotopic (exact) mass is 1420 g/mol. The molecule has 14 heterocycles. The summed E-state index contributed by atoms with van der Waals surface area (Å²) < 4.78 is 155. The van der Waals surface area contributed by atoms with E-state index in [1.165, 1.54) is 0 Å². The van der Waals surface area contributed by atoms with Crippen LogP contribution in [-0.4, -0.2) is 413 Å². The minimum Gasteiger partial charge on any atom is -0.388 e. The van der Waals surface area contributed by atoms with E-state index in [2.05, 4.69) is 4.74 Å². The molecule has 21 atom stereocenters. The highest BCUT2D eigenvalue weighted by Gasteiger charge is 2.39. The van der Waals surface area contributed by atoms with Crippen LogP contribution in [0, 0.1) is 5.41 Å². The third-order valence-corrected chi connectivity index (χ3v) is 16.3. The van der Waals surface area contributed by atoms with Crippen LogP contribution in [0.4, 0.5) is 0 Å². The molecule has 0 aromatic rings. The van der Waals surface area contributed by atoms with Crippen LogP contribution in [0.3, 0.4) is 0 Å². The van der Waals surface area contributed by atoms with Crippen LogP contribution in [0.15, 0.2) is 0 Å². The summed E-state index contributed by atoms with van der Waals surface area (Å²) in [6.45, 7) is 24.4. The van der Waals surface area contributed by atoms with Crippen molar-refractivity contribution in [3.63, 3.8) is 0 Å². The van der Waals surface area contributed by atoms with Crippen molar-refractivity contribution >= 4 is 0 Å². The summed E-state index contributed by atoms with van der Waals surface area (Å²) in [5.41, 5.74) is -0.354. The molecule has 14 rings (SSSR count). The molecule has 0 aliphatic carbocycles. The normalized spacial score (nSPS) is 32.5. The molecule has 570 valence electrons. The molecule has 33 heteroatoms. The molecule has 14 aliphatic heterocycles. The molecule has 0 amide bonds. The van der Waals surface area contributed by atoms with Crippen molar-refractivity contribution in [2.75, 3.05) is 264 Å². The Bertz CT molecular complexity index is 1940. The molecule has 0 aromatic heterocycles. The number of rotatable bonds is 60. The third-order valence-electron chi connectivity index (χ3n) is 16.3. The topological polar surface area (TPSA) is 395 Å². The number of hydrogen-bond acceptors (Lipinski definition) is 33. The van der Waals surface area contributed by atoms with Gasteiger partial charge in [-0.05, 0) is 19.8 Å². The molecule has 0 saturated carbocycles. The van der Waals surface area contributed by atoms with E-state index in [-0.39, 0.29) is 136 Å². The van der Waals surface area contributed by atoms with Gasteiger partial charge in [0.2, 0.25) is 0 Å². The van der Waals surface area contributed by atoms with E-state index in [0.717, 1.165) is 105 Å². The summed E-state index contributed by atoms with van der Waals surface area (Å²) in [4.78, 5) is 0. The highest BCUT2D eigenvalue weighted by atomic mass is 16.7. The molecule has 0 spiro atoms. The maximum Gasteiger partial charge on any atom is 0.143 e. The van der Waals surface area contributed by atoms with Crippen molar-refractivity contribution in [1.29, 1.82) is 0 Å². The average molecular weight is 1420 g/mol. The van der Waals surface area contributed by atoms with E-state index in [1.807, 2.05) is 6.92 Å². The highest BCUT2D eigenvalue weighted by molar-refractivity contribution is 4.84. The summed E-state index contributed by atoms with van der Waals surface area (Å²) >= 11 is 0. The van der Waals surface area contributed by atoms with Gasteiger partial charge in [-0.2, -0.15) is 0 Å². The van der Waals surface area contributed by atoms with E-state index in [1.54, 1.807) is 0 Å². The Morgan fingerprint density at radius 2 is 0.561 bits per heavy atom. The Labute approximate surface area is 574 Å². The molecule has 0 radical (unpaired) electrons. The van der Waals surface area contributed by atoms with Crippen molar-refractivity contribution < 1.29 is 158 Å². The van der Waals surface area contributed by atoms with E-state index in [9.17, 15) is 15.3 Å². The van der Waals surface area contributed by atoms with Gasteiger partial charge in [-0.1, -0.05) is 0 Å². The fraction of sp³-hybridized carbons (Fsp3) is 1.00. The van der Waals surface area contributed by atoms with Gasteiger partial charge in [-0.3, -0.25) is 0 Å². The lowest BCUT2D eigenvalue weighted by Gasteiger charge is -2.32. The summed E-state index contributed by atoms with van der Waals surface area (Å²) in [5.74, 6) is 0. The van der Waals surface area contributed by atoms with Crippen LogP contribution < -0.4 is 0 Å². The van der Waals surface area contributed by atoms with E-state index >= 15 is 0 Å². The number of hydrogen-bond donors (Lipinski definition) is 4. The zero-order valence-corrected chi connectivity index (χ0v) is 57.0. The second-order valence-corrected chi connectivity index (χ2v) is 26.9. The highest BCUT2D eigenvalue weighted by Crippen LogP contribution is 2.26. The Morgan fingerprint density at radius 3 is 0.918 bits per heavy atom. The smallest absolute Gasteiger partial charge is 0.143 e. The predicted molar refractivity (Wildman–Crippen MR) is 332 cm³/mol. The lowest BCUT2D eigenvalue weighted by atomic mass is 9.92. The zero-order chi connectivity index (χ0) is 67.8. The van der Waals surface area contributed by atoms with Crippen molar-refractivity contribution in [2.45, 2.75) is 148 Å². The molecule has 33 nitrogen and oxygen atoms in total. The van der Waals surface area contributed by atoms with Crippen molar-refractivity contribution in [2.24, 2.45) is 5.41 Å². The Balaban J connectivity index is 0.000000137. The Hall–Kier alpha value is -1.32. The van der Waals surface area contributed by atoms with Gasteiger partial charge < -0.3 is 158 Å². The fourth-order valence-corrected chi connectivity index (χ4v) is 8.87. The Kier molecular flexibility index (Phi) is 36.1.